The molecule has 2 aromatic rings. The van der Waals surface area contributed by atoms with Crippen LogP contribution in [-0.4, -0.2) is 69.6 Å². The van der Waals surface area contributed by atoms with E-state index >= 15 is 0 Å². The average Bonchev–Trinajstić information content (AvgIpc) is 2.84. The summed E-state index contributed by atoms with van der Waals surface area (Å²) in [7, 11) is 1.60. The Morgan fingerprint density at radius 1 is 0.838 bits per heavy atom. The molecule has 10 nitrogen and oxygen atoms in total. The summed E-state index contributed by atoms with van der Waals surface area (Å²) in [6.45, 7) is 6.99. The van der Waals surface area contributed by atoms with Gasteiger partial charge in [0.15, 0.2) is 0 Å². The third-order valence-electron chi connectivity index (χ3n) is 4.85. The standard InChI is InChI=1S/C27H37N3O7/c1-27(2,3)37-26(33)20-7-11-22(12-8-20)30-25(32)23(28)17-19-5-9-21(10-6-19)29-24(31)18-36-16-15-35-14-13-34-4/h5-12,23H,13-18,28H2,1-4H3,(H,29,31)(H,30,32)/t23-/m0/s1. The van der Waals surface area contributed by atoms with E-state index in [4.69, 9.17) is 24.7 Å². The van der Waals surface area contributed by atoms with Crippen LogP contribution in [0.3, 0.4) is 0 Å². The first-order chi connectivity index (χ1) is 17.6. The summed E-state index contributed by atoms with van der Waals surface area (Å²) in [5, 5.41) is 5.50. The van der Waals surface area contributed by atoms with Gasteiger partial charge in [-0.1, -0.05) is 12.1 Å². The normalized spacial score (nSPS) is 12.0. The van der Waals surface area contributed by atoms with E-state index in [1.165, 1.54) is 0 Å². The molecule has 2 aromatic carbocycles. The molecule has 4 N–H and O–H groups in total. The summed E-state index contributed by atoms with van der Waals surface area (Å²) in [6.07, 6.45) is 0.308. The minimum absolute atomic E-state index is 0.0841. The molecule has 0 spiro atoms. The fourth-order valence-electron chi connectivity index (χ4n) is 3.06. The fraction of sp³-hybridized carbons (Fsp3) is 0.444. The van der Waals surface area contributed by atoms with Crippen LogP contribution in [0, 0.1) is 0 Å². The van der Waals surface area contributed by atoms with Gasteiger partial charge >= 0.3 is 5.97 Å². The number of carbonyl (C=O) groups excluding carboxylic acids is 3. The Hall–Kier alpha value is -3.31. The van der Waals surface area contributed by atoms with E-state index in [9.17, 15) is 14.4 Å². The summed E-state index contributed by atoms with van der Waals surface area (Å²) >= 11 is 0. The van der Waals surface area contributed by atoms with E-state index in [-0.39, 0.29) is 18.4 Å². The SMILES string of the molecule is COCCOCCOCC(=O)Nc1ccc(C[C@H](N)C(=O)Nc2ccc(C(=O)OC(C)(C)C)cc2)cc1. The van der Waals surface area contributed by atoms with Crippen molar-refractivity contribution in [3.05, 3.63) is 59.7 Å². The van der Waals surface area contributed by atoms with Gasteiger partial charge in [-0.3, -0.25) is 9.59 Å². The fourth-order valence-corrected chi connectivity index (χ4v) is 3.06. The first-order valence-electron chi connectivity index (χ1n) is 12.0. The van der Waals surface area contributed by atoms with Crippen molar-refractivity contribution in [1.29, 1.82) is 0 Å². The molecule has 0 radical (unpaired) electrons. The Bertz CT molecular complexity index is 1000. The van der Waals surface area contributed by atoms with Crippen molar-refractivity contribution in [3.8, 4) is 0 Å². The Labute approximate surface area is 217 Å². The van der Waals surface area contributed by atoms with E-state index in [0.717, 1.165) is 5.56 Å². The smallest absolute Gasteiger partial charge is 0.338 e. The molecule has 2 amide bonds. The van der Waals surface area contributed by atoms with Crippen molar-refractivity contribution in [2.75, 3.05) is 50.8 Å². The van der Waals surface area contributed by atoms with Gasteiger partial charge in [0, 0.05) is 18.5 Å². The lowest BCUT2D eigenvalue weighted by molar-refractivity contribution is -0.121. The monoisotopic (exact) mass is 515 g/mol. The van der Waals surface area contributed by atoms with E-state index in [1.54, 1.807) is 76.4 Å². The molecule has 0 saturated heterocycles. The topological polar surface area (TPSA) is 138 Å². The van der Waals surface area contributed by atoms with Crippen LogP contribution < -0.4 is 16.4 Å². The molecule has 10 heteroatoms. The molecule has 2 rings (SSSR count). The lowest BCUT2D eigenvalue weighted by Crippen LogP contribution is -2.37. The number of ether oxygens (including phenoxy) is 4. The predicted octanol–water partition coefficient (Wildman–Crippen LogP) is 2.77. The molecule has 202 valence electrons. The average molecular weight is 516 g/mol. The summed E-state index contributed by atoms with van der Waals surface area (Å²) in [5.74, 6) is -1.07. The number of hydrogen-bond donors (Lipinski definition) is 3. The maximum atomic E-state index is 12.5. The molecule has 0 aliphatic rings. The van der Waals surface area contributed by atoms with Crippen molar-refractivity contribution in [3.63, 3.8) is 0 Å². The van der Waals surface area contributed by atoms with Gasteiger partial charge < -0.3 is 35.3 Å². The highest BCUT2D eigenvalue weighted by atomic mass is 16.6. The second-order valence-electron chi connectivity index (χ2n) is 9.28. The van der Waals surface area contributed by atoms with Crippen molar-refractivity contribution >= 4 is 29.2 Å². The quantitative estimate of drug-likeness (QED) is 0.258. The van der Waals surface area contributed by atoms with Crippen LogP contribution in [0.2, 0.25) is 0 Å². The number of hydrogen-bond acceptors (Lipinski definition) is 8. The molecule has 0 aliphatic carbocycles. The number of amides is 2. The molecule has 1 atom stereocenters. The highest BCUT2D eigenvalue weighted by molar-refractivity contribution is 5.96. The number of benzene rings is 2. The second kappa shape index (κ2) is 15.1. The molecule has 0 aliphatic heterocycles. The third-order valence-corrected chi connectivity index (χ3v) is 4.85. The third kappa shape index (κ3) is 12.0. The highest BCUT2D eigenvalue weighted by Crippen LogP contribution is 2.16. The molecule has 0 bridgehead atoms. The molecule has 0 unspecified atom stereocenters. The van der Waals surface area contributed by atoms with Crippen molar-refractivity contribution < 1.29 is 33.3 Å². The number of carbonyl (C=O) groups is 3. The van der Waals surface area contributed by atoms with Crippen LogP contribution in [0.15, 0.2) is 48.5 Å². The van der Waals surface area contributed by atoms with Crippen LogP contribution in [0.1, 0.15) is 36.7 Å². The van der Waals surface area contributed by atoms with Crippen LogP contribution in [0.5, 0.6) is 0 Å². The zero-order valence-corrected chi connectivity index (χ0v) is 21.9. The number of esters is 1. The summed E-state index contributed by atoms with van der Waals surface area (Å²) < 4.78 is 20.7. The number of nitrogens with one attached hydrogen (secondary N) is 2. The largest absolute Gasteiger partial charge is 0.456 e. The number of nitrogens with two attached hydrogens (primary N) is 1. The van der Waals surface area contributed by atoms with E-state index in [0.29, 0.717) is 49.8 Å². The zero-order valence-electron chi connectivity index (χ0n) is 21.9. The van der Waals surface area contributed by atoms with Gasteiger partial charge in [0.05, 0.1) is 38.0 Å². The Morgan fingerprint density at radius 3 is 2.03 bits per heavy atom. The number of methoxy groups -OCH3 is 1. The minimum atomic E-state index is -0.787. The molecular weight excluding hydrogens is 478 g/mol. The maximum Gasteiger partial charge on any atom is 0.338 e. The predicted molar refractivity (Wildman–Crippen MR) is 141 cm³/mol. The van der Waals surface area contributed by atoms with Gasteiger partial charge in [-0.2, -0.15) is 0 Å². The Morgan fingerprint density at radius 2 is 1.41 bits per heavy atom. The Balaban J connectivity index is 1.75. The molecule has 0 saturated carbocycles. The van der Waals surface area contributed by atoms with Crippen LogP contribution in [-0.2, 0) is 35.0 Å². The van der Waals surface area contributed by atoms with E-state index in [1.807, 2.05) is 0 Å². The van der Waals surface area contributed by atoms with E-state index in [2.05, 4.69) is 10.6 Å². The van der Waals surface area contributed by atoms with Crippen molar-refractivity contribution in [2.45, 2.75) is 38.8 Å². The lowest BCUT2D eigenvalue weighted by atomic mass is 10.1. The van der Waals surface area contributed by atoms with Crippen molar-refractivity contribution in [2.24, 2.45) is 5.73 Å². The van der Waals surface area contributed by atoms with Gasteiger partial charge in [0.25, 0.3) is 0 Å². The van der Waals surface area contributed by atoms with Gasteiger partial charge in [-0.25, -0.2) is 4.79 Å². The molecule has 0 fully saturated rings. The van der Waals surface area contributed by atoms with E-state index < -0.39 is 17.6 Å². The van der Waals surface area contributed by atoms with Gasteiger partial charge in [-0.15, -0.1) is 0 Å². The van der Waals surface area contributed by atoms with Gasteiger partial charge in [0.2, 0.25) is 11.8 Å². The van der Waals surface area contributed by atoms with Gasteiger partial charge in [-0.05, 0) is 69.2 Å². The first kappa shape index (κ1) is 29.9. The first-order valence-corrected chi connectivity index (χ1v) is 12.0. The zero-order chi connectivity index (χ0) is 27.3. The minimum Gasteiger partial charge on any atom is -0.456 e. The van der Waals surface area contributed by atoms with Crippen LogP contribution in [0.4, 0.5) is 11.4 Å². The van der Waals surface area contributed by atoms with Crippen molar-refractivity contribution in [1.82, 2.24) is 0 Å². The number of rotatable bonds is 14. The maximum absolute atomic E-state index is 12.5. The van der Waals surface area contributed by atoms with Crippen LogP contribution >= 0.6 is 0 Å². The molecular formula is C27H37N3O7. The van der Waals surface area contributed by atoms with Crippen LogP contribution in [0.25, 0.3) is 0 Å². The summed E-state index contributed by atoms with van der Waals surface area (Å²) in [6, 6.07) is 12.7. The molecule has 37 heavy (non-hydrogen) atoms. The number of anilines is 2. The summed E-state index contributed by atoms with van der Waals surface area (Å²) in [5.41, 5.74) is 7.85. The molecule has 0 heterocycles. The molecule has 0 aromatic heterocycles. The highest BCUT2D eigenvalue weighted by Gasteiger charge is 2.18. The Kier molecular flexibility index (Phi) is 12.2. The van der Waals surface area contributed by atoms with Gasteiger partial charge in [0.1, 0.15) is 12.2 Å². The second-order valence-corrected chi connectivity index (χ2v) is 9.28. The lowest BCUT2D eigenvalue weighted by Gasteiger charge is -2.19. The summed E-state index contributed by atoms with van der Waals surface area (Å²) in [4.78, 5) is 36.6.